The van der Waals surface area contributed by atoms with Crippen LogP contribution in [0.4, 0.5) is 4.79 Å². The highest BCUT2D eigenvalue weighted by Crippen LogP contribution is 2.24. The highest BCUT2D eigenvalue weighted by molar-refractivity contribution is 5.79. The van der Waals surface area contributed by atoms with Gasteiger partial charge < -0.3 is 15.0 Å². The molecular weight excluding hydrogens is 292 g/mol. The maximum atomic E-state index is 12.6. The predicted molar refractivity (Wildman–Crippen MR) is 90.0 cm³/mol. The van der Waals surface area contributed by atoms with Crippen LogP contribution in [0.25, 0.3) is 0 Å². The van der Waals surface area contributed by atoms with Gasteiger partial charge in [-0.3, -0.25) is 4.79 Å². The lowest BCUT2D eigenvalue weighted by Gasteiger charge is -2.39. The van der Waals surface area contributed by atoms with E-state index in [0.717, 1.165) is 25.7 Å². The maximum Gasteiger partial charge on any atom is 0.407 e. The standard InChI is InChI=1S/C18H30N2O3/c1-13-12-20(16(21)14-8-6-5-7-9-14)11-10-15(13)19-17(22)23-18(2,3)4/h5-6,13-15H,7-12H2,1-4H3,(H,19,22)/t13-,14-,15+/m1/s1. The summed E-state index contributed by atoms with van der Waals surface area (Å²) in [7, 11) is 0. The van der Waals surface area contributed by atoms with Gasteiger partial charge in [-0.1, -0.05) is 19.1 Å². The van der Waals surface area contributed by atoms with Crippen LogP contribution in [0.3, 0.4) is 0 Å². The van der Waals surface area contributed by atoms with Crippen molar-refractivity contribution in [3.05, 3.63) is 12.2 Å². The summed E-state index contributed by atoms with van der Waals surface area (Å²) in [5.74, 6) is 0.652. The molecular formula is C18H30N2O3. The molecule has 2 rings (SSSR count). The minimum atomic E-state index is -0.488. The molecule has 1 saturated heterocycles. The number of likely N-dealkylation sites (tertiary alicyclic amines) is 1. The van der Waals surface area contributed by atoms with Gasteiger partial charge in [0.1, 0.15) is 5.60 Å². The third-order valence-corrected chi connectivity index (χ3v) is 4.54. The summed E-state index contributed by atoms with van der Waals surface area (Å²) in [6.07, 6.45) is 7.52. The third-order valence-electron chi connectivity index (χ3n) is 4.54. The number of piperidine rings is 1. The monoisotopic (exact) mass is 322 g/mol. The van der Waals surface area contributed by atoms with Crippen molar-refractivity contribution in [1.29, 1.82) is 0 Å². The number of amides is 2. The number of nitrogens with zero attached hydrogens (tertiary/aromatic N) is 1. The first-order valence-electron chi connectivity index (χ1n) is 8.69. The SMILES string of the molecule is C[C@@H]1CN(C(=O)[C@@H]2CC=CCC2)CC[C@@H]1NC(=O)OC(C)(C)C. The second-order valence-corrected chi connectivity index (χ2v) is 7.78. The maximum absolute atomic E-state index is 12.6. The molecule has 1 N–H and O–H groups in total. The normalized spacial score (nSPS) is 28.3. The summed E-state index contributed by atoms with van der Waals surface area (Å²) in [5, 5.41) is 2.95. The Morgan fingerprint density at radius 3 is 2.52 bits per heavy atom. The van der Waals surface area contributed by atoms with Gasteiger partial charge in [-0.25, -0.2) is 4.79 Å². The quantitative estimate of drug-likeness (QED) is 0.795. The first kappa shape index (κ1) is 17.8. The molecule has 0 spiro atoms. The van der Waals surface area contributed by atoms with Gasteiger partial charge in [0.2, 0.25) is 5.91 Å². The van der Waals surface area contributed by atoms with E-state index < -0.39 is 5.60 Å². The Morgan fingerprint density at radius 1 is 1.22 bits per heavy atom. The number of alkyl carbamates (subject to hydrolysis) is 1. The molecule has 0 saturated carbocycles. The van der Waals surface area contributed by atoms with Crippen molar-refractivity contribution >= 4 is 12.0 Å². The molecule has 23 heavy (non-hydrogen) atoms. The Labute approximate surface area is 139 Å². The minimum Gasteiger partial charge on any atom is -0.444 e. The highest BCUT2D eigenvalue weighted by atomic mass is 16.6. The molecule has 0 aromatic heterocycles. The van der Waals surface area contributed by atoms with E-state index in [4.69, 9.17) is 4.74 Å². The van der Waals surface area contributed by atoms with E-state index in [9.17, 15) is 9.59 Å². The number of hydrogen-bond donors (Lipinski definition) is 1. The number of rotatable bonds is 2. The zero-order chi connectivity index (χ0) is 17.0. The summed E-state index contributed by atoms with van der Waals surface area (Å²) >= 11 is 0. The van der Waals surface area contributed by atoms with E-state index in [-0.39, 0.29) is 29.9 Å². The van der Waals surface area contributed by atoms with Crippen LogP contribution in [0.1, 0.15) is 53.4 Å². The van der Waals surface area contributed by atoms with E-state index in [1.165, 1.54) is 0 Å². The Hall–Kier alpha value is -1.52. The Kier molecular flexibility index (Phi) is 5.71. The van der Waals surface area contributed by atoms with E-state index in [2.05, 4.69) is 24.4 Å². The Morgan fingerprint density at radius 2 is 1.96 bits per heavy atom. The third kappa shape index (κ3) is 5.26. The topological polar surface area (TPSA) is 58.6 Å². The van der Waals surface area contributed by atoms with Crippen molar-refractivity contribution in [2.75, 3.05) is 13.1 Å². The number of carbonyl (C=O) groups is 2. The molecule has 0 aromatic rings. The van der Waals surface area contributed by atoms with Crippen LogP contribution < -0.4 is 5.32 Å². The van der Waals surface area contributed by atoms with Crippen LogP contribution in [0.15, 0.2) is 12.2 Å². The minimum absolute atomic E-state index is 0.0696. The molecule has 1 fully saturated rings. The first-order valence-corrected chi connectivity index (χ1v) is 8.69. The van der Waals surface area contributed by atoms with Gasteiger partial charge in [0, 0.05) is 25.0 Å². The van der Waals surface area contributed by atoms with Crippen LogP contribution in [0.2, 0.25) is 0 Å². The molecule has 0 radical (unpaired) electrons. The van der Waals surface area contributed by atoms with E-state index in [0.29, 0.717) is 13.1 Å². The lowest BCUT2D eigenvalue weighted by molar-refractivity contribution is -0.137. The molecule has 0 bridgehead atoms. The molecule has 0 unspecified atom stereocenters. The highest BCUT2D eigenvalue weighted by Gasteiger charge is 2.33. The molecule has 1 heterocycles. The molecule has 130 valence electrons. The fourth-order valence-corrected chi connectivity index (χ4v) is 3.30. The van der Waals surface area contributed by atoms with Crippen molar-refractivity contribution in [2.24, 2.45) is 11.8 Å². The fraction of sp³-hybridized carbons (Fsp3) is 0.778. The van der Waals surface area contributed by atoms with Crippen LogP contribution in [0, 0.1) is 11.8 Å². The lowest BCUT2D eigenvalue weighted by Crippen LogP contribution is -2.53. The summed E-state index contributed by atoms with van der Waals surface area (Å²) in [6, 6.07) is 0.0696. The molecule has 1 aliphatic carbocycles. The molecule has 0 aromatic carbocycles. The molecule has 5 heteroatoms. The number of ether oxygens (including phenoxy) is 1. The van der Waals surface area contributed by atoms with Gasteiger partial charge in [-0.05, 0) is 52.4 Å². The summed E-state index contributed by atoms with van der Waals surface area (Å²) in [6.45, 7) is 9.08. The predicted octanol–water partition coefficient (Wildman–Crippen LogP) is 3.10. The Balaban J connectivity index is 1.83. The fourth-order valence-electron chi connectivity index (χ4n) is 3.30. The van der Waals surface area contributed by atoms with Crippen molar-refractivity contribution < 1.29 is 14.3 Å². The van der Waals surface area contributed by atoms with Crippen LogP contribution in [-0.4, -0.2) is 41.6 Å². The smallest absolute Gasteiger partial charge is 0.407 e. The second-order valence-electron chi connectivity index (χ2n) is 7.78. The van der Waals surface area contributed by atoms with E-state index in [1.807, 2.05) is 25.7 Å². The van der Waals surface area contributed by atoms with Gasteiger partial charge in [0.15, 0.2) is 0 Å². The van der Waals surface area contributed by atoms with Gasteiger partial charge in [-0.15, -0.1) is 0 Å². The van der Waals surface area contributed by atoms with Crippen molar-refractivity contribution in [2.45, 2.75) is 65.0 Å². The van der Waals surface area contributed by atoms with Crippen LogP contribution >= 0.6 is 0 Å². The van der Waals surface area contributed by atoms with Crippen molar-refractivity contribution in [3.63, 3.8) is 0 Å². The summed E-state index contributed by atoms with van der Waals surface area (Å²) in [4.78, 5) is 26.5. The molecule has 2 amide bonds. The summed E-state index contributed by atoms with van der Waals surface area (Å²) in [5.41, 5.74) is -0.488. The molecule has 3 atom stereocenters. The van der Waals surface area contributed by atoms with Gasteiger partial charge >= 0.3 is 6.09 Å². The van der Waals surface area contributed by atoms with Gasteiger partial charge in [0.25, 0.3) is 0 Å². The average molecular weight is 322 g/mol. The average Bonchev–Trinajstić information content (AvgIpc) is 2.47. The molecule has 2 aliphatic rings. The lowest BCUT2D eigenvalue weighted by atomic mass is 9.89. The van der Waals surface area contributed by atoms with Gasteiger partial charge in [0.05, 0.1) is 0 Å². The summed E-state index contributed by atoms with van der Waals surface area (Å²) < 4.78 is 5.32. The second kappa shape index (κ2) is 7.37. The van der Waals surface area contributed by atoms with Gasteiger partial charge in [-0.2, -0.15) is 0 Å². The van der Waals surface area contributed by atoms with Crippen molar-refractivity contribution in [3.8, 4) is 0 Å². The number of nitrogens with one attached hydrogen (secondary N) is 1. The Bertz CT molecular complexity index is 467. The molecule has 5 nitrogen and oxygen atoms in total. The van der Waals surface area contributed by atoms with E-state index in [1.54, 1.807) is 0 Å². The number of hydrogen-bond acceptors (Lipinski definition) is 3. The first-order chi connectivity index (χ1) is 10.8. The van der Waals surface area contributed by atoms with E-state index >= 15 is 0 Å². The zero-order valence-corrected chi connectivity index (χ0v) is 14.8. The van der Waals surface area contributed by atoms with Crippen LogP contribution in [-0.2, 0) is 9.53 Å². The number of allylic oxidation sites excluding steroid dienone is 2. The van der Waals surface area contributed by atoms with Crippen molar-refractivity contribution in [1.82, 2.24) is 10.2 Å². The number of carbonyl (C=O) groups excluding carboxylic acids is 2. The largest absolute Gasteiger partial charge is 0.444 e. The van der Waals surface area contributed by atoms with Crippen LogP contribution in [0.5, 0.6) is 0 Å². The zero-order valence-electron chi connectivity index (χ0n) is 14.8. The molecule has 1 aliphatic heterocycles.